The van der Waals surface area contributed by atoms with Crippen LogP contribution in [0.5, 0.6) is 0 Å². The molecule has 0 atom stereocenters. The molecular weight excluding hydrogens is 282 g/mol. The third-order valence-corrected chi connectivity index (χ3v) is 2.74. The van der Waals surface area contributed by atoms with Gasteiger partial charge in [-0.05, 0) is 43.2 Å². The monoisotopic (exact) mass is 303 g/mol. The minimum Gasteiger partial charge on any atom is -0.696 e. The maximum absolute atomic E-state index is 11.5. The van der Waals surface area contributed by atoms with Gasteiger partial charge in [0.1, 0.15) is 12.2 Å². The van der Waals surface area contributed by atoms with Gasteiger partial charge in [-0.25, -0.2) is 4.79 Å². The van der Waals surface area contributed by atoms with E-state index < -0.39 is 5.97 Å². The van der Waals surface area contributed by atoms with Crippen LogP contribution in [0.2, 0.25) is 0 Å². The van der Waals surface area contributed by atoms with Gasteiger partial charge in [0.05, 0.1) is 10.8 Å². The summed E-state index contributed by atoms with van der Waals surface area (Å²) in [4.78, 5) is 11.2. The standard InChI is InChI=1S/C16H21N3O3/c1-2-3-4-5-6-7-8-13-19(22)18-17-15-11-9-14(10-12-15)16(20)21/h4-5,7-12,17H,2-3,6,13H2,1H3,(H,20,21)/b5-4+,8-7+,19-18?. The van der Waals surface area contributed by atoms with E-state index in [0.29, 0.717) is 10.5 Å². The van der Waals surface area contributed by atoms with Crippen LogP contribution in [0.15, 0.2) is 53.8 Å². The fraction of sp³-hybridized carbons (Fsp3) is 0.312. The number of carboxylic acids is 1. The molecule has 1 rings (SSSR count). The molecule has 0 fully saturated rings. The van der Waals surface area contributed by atoms with Crippen LogP contribution in [0.3, 0.4) is 0 Å². The number of anilines is 1. The number of hydrogen-bond donors (Lipinski definition) is 2. The summed E-state index contributed by atoms with van der Waals surface area (Å²) < 4.78 is 0. The zero-order valence-electron chi connectivity index (χ0n) is 12.6. The topological polar surface area (TPSA) is 87.8 Å². The third kappa shape index (κ3) is 7.23. The first kappa shape index (κ1) is 17.4. The van der Waals surface area contributed by atoms with E-state index in [0.717, 1.165) is 19.3 Å². The van der Waals surface area contributed by atoms with Gasteiger partial charge in [0, 0.05) is 0 Å². The smallest absolute Gasteiger partial charge is 0.335 e. The molecule has 0 aliphatic carbocycles. The summed E-state index contributed by atoms with van der Waals surface area (Å²) >= 11 is 0. The summed E-state index contributed by atoms with van der Waals surface area (Å²) in [6.45, 7) is 2.28. The normalized spacial score (nSPS) is 12.1. The molecule has 0 amide bonds. The predicted molar refractivity (Wildman–Crippen MR) is 85.8 cm³/mol. The Balaban J connectivity index is 2.36. The maximum atomic E-state index is 11.5. The summed E-state index contributed by atoms with van der Waals surface area (Å²) in [5, 5.41) is 23.8. The lowest BCUT2D eigenvalue weighted by Crippen LogP contribution is -2.04. The van der Waals surface area contributed by atoms with Crippen molar-refractivity contribution in [1.29, 1.82) is 0 Å². The Kier molecular flexibility index (Phi) is 8.04. The summed E-state index contributed by atoms with van der Waals surface area (Å²) in [7, 11) is 0. The van der Waals surface area contributed by atoms with Gasteiger partial charge in [-0.2, -0.15) is 4.86 Å². The highest BCUT2D eigenvalue weighted by Crippen LogP contribution is 2.09. The minimum absolute atomic E-state index is 0.155. The van der Waals surface area contributed by atoms with E-state index in [1.807, 2.05) is 6.08 Å². The average molecular weight is 303 g/mol. The molecule has 0 aliphatic rings. The van der Waals surface area contributed by atoms with Crippen molar-refractivity contribution >= 4 is 11.7 Å². The van der Waals surface area contributed by atoms with Gasteiger partial charge in [-0.15, -0.1) is 5.43 Å². The molecule has 0 heterocycles. The predicted octanol–water partition coefficient (Wildman–Crippen LogP) is 3.98. The largest absolute Gasteiger partial charge is 0.696 e. The number of carboxylic acid groups (broad SMARTS) is 1. The Morgan fingerprint density at radius 2 is 1.95 bits per heavy atom. The Hall–Kier alpha value is -2.63. The first-order valence-electron chi connectivity index (χ1n) is 7.18. The molecule has 1 aromatic carbocycles. The zero-order valence-corrected chi connectivity index (χ0v) is 12.6. The fourth-order valence-electron chi connectivity index (χ4n) is 1.56. The molecule has 0 aromatic heterocycles. The molecule has 0 bridgehead atoms. The maximum Gasteiger partial charge on any atom is 0.335 e. The zero-order chi connectivity index (χ0) is 16.2. The third-order valence-electron chi connectivity index (χ3n) is 2.74. The van der Waals surface area contributed by atoms with E-state index in [2.05, 4.69) is 29.7 Å². The van der Waals surface area contributed by atoms with Crippen molar-refractivity contribution in [3.63, 3.8) is 0 Å². The molecule has 6 heteroatoms. The first-order valence-corrected chi connectivity index (χ1v) is 7.18. The van der Waals surface area contributed by atoms with Crippen LogP contribution in [0, 0.1) is 5.21 Å². The average Bonchev–Trinajstić information content (AvgIpc) is 2.52. The molecule has 1 aromatic rings. The van der Waals surface area contributed by atoms with Crippen molar-refractivity contribution in [2.24, 2.45) is 5.22 Å². The summed E-state index contributed by atoms with van der Waals surface area (Å²) in [5.74, 6) is -0.993. The van der Waals surface area contributed by atoms with E-state index in [-0.39, 0.29) is 12.1 Å². The van der Waals surface area contributed by atoms with Gasteiger partial charge < -0.3 is 10.3 Å². The Labute approximate surface area is 130 Å². The van der Waals surface area contributed by atoms with E-state index in [1.165, 1.54) is 12.1 Å². The second kappa shape index (κ2) is 10.1. The fourth-order valence-corrected chi connectivity index (χ4v) is 1.56. The Morgan fingerprint density at radius 3 is 2.59 bits per heavy atom. The van der Waals surface area contributed by atoms with Gasteiger partial charge in [0.15, 0.2) is 0 Å². The second-order valence-corrected chi connectivity index (χ2v) is 4.60. The number of benzene rings is 1. The molecule has 2 N–H and O–H groups in total. The molecular formula is C16H21N3O3. The number of hydrogen-bond acceptors (Lipinski definition) is 3. The van der Waals surface area contributed by atoms with E-state index in [1.54, 1.807) is 18.2 Å². The van der Waals surface area contributed by atoms with Gasteiger partial charge in [-0.3, -0.25) is 0 Å². The summed E-state index contributed by atoms with van der Waals surface area (Å²) in [6, 6.07) is 5.99. The van der Waals surface area contributed by atoms with E-state index >= 15 is 0 Å². The highest BCUT2D eigenvalue weighted by molar-refractivity contribution is 5.87. The molecule has 0 aliphatic heterocycles. The number of nitrogens with one attached hydrogen (secondary N) is 1. The van der Waals surface area contributed by atoms with Crippen LogP contribution in [-0.2, 0) is 0 Å². The molecule has 118 valence electrons. The SMILES string of the molecule is CCC/C=C/C/C=C/C[N+]([O-])=NNc1ccc(C(=O)O)cc1. The number of carbonyl (C=O) groups is 1. The quantitative estimate of drug-likeness (QED) is 0.312. The number of allylic oxidation sites excluding steroid dienone is 3. The number of unbranched alkanes of at least 4 members (excludes halogenated alkanes) is 1. The van der Waals surface area contributed by atoms with Crippen molar-refractivity contribution < 1.29 is 14.8 Å². The van der Waals surface area contributed by atoms with Gasteiger partial charge in [-0.1, -0.05) is 31.6 Å². The highest BCUT2D eigenvalue weighted by Gasteiger charge is 2.02. The van der Waals surface area contributed by atoms with E-state index in [4.69, 9.17) is 5.11 Å². The molecule has 0 unspecified atom stereocenters. The molecule has 0 saturated heterocycles. The summed E-state index contributed by atoms with van der Waals surface area (Å²) in [5.41, 5.74) is 3.31. The van der Waals surface area contributed by atoms with Crippen LogP contribution in [0.1, 0.15) is 36.5 Å². The second-order valence-electron chi connectivity index (χ2n) is 4.60. The van der Waals surface area contributed by atoms with Crippen LogP contribution in [-0.4, -0.2) is 22.5 Å². The molecule has 0 spiro atoms. The van der Waals surface area contributed by atoms with Crippen molar-refractivity contribution in [3.05, 3.63) is 59.3 Å². The van der Waals surface area contributed by atoms with Crippen molar-refractivity contribution in [2.75, 3.05) is 12.0 Å². The van der Waals surface area contributed by atoms with Crippen molar-refractivity contribution in [2.45, 2.75) is 26.2 Å². The number of nitrogens with zero attached hydrogens (tertiary/aromatic N) is 2. The number of aromatic carboxylic acids is 1. The lowest BCUT2D eigenvalue weighted by Gasteiger charge is -2.02. The highest BCUT2D eigenvalue weighted by atomic mass is 16.5. The number of hydroxylamine groups is 1. The van der Waals surface area contributed by atoms with Gasteiger partial charge in [0.25, 0.3) is 0 Å². The summed E-state index contributed by atoms with van der Waals surface area (Å²) in [6.07, 6.45) is 10.8. The van der Waals surface area contributed by atoms with Gasteiger partial charge >= 0.3 is 5.97 Å². The van der Waals surface area contributed by atoms with E-state index in [9.17, 15) is 10.0 Å². The lowest BCUT2D eigenvalue weighted by atomic mass is 10.2. The van der Waals surface area contributed by atoms with Crippen LogP contribution < -0.4 is 5.43 Å². The van der Waals surface area contributed by atoms with Crippen molar-refractivity contribution in [3.8, 4) is 0 Å². The van der Waals surface area contributed by atoms with Crippen LogP contribution in [0.25, 0.3) is 0 Å². The molecule has 0 radical (unpaired) electrons. The van der Waals surface area contributed by atoms with Crippen molar-refractivity contribution in [1.82, 2.24) is 0 Å². The Morgan fingerprint density at radius 1 is 1.27 bits per heavy atom. The Bertz CT molecular complexity index is 548. The van der Waals surface area contributed by atoms with Crippen LogP contribution in [0.4, 0.5) is 5.69 Å². The molecule has 0 saturated carbocycles. The minimum atomic E-state index is -0.993. The molecule has 6 nitrogen and oxygen atoms in total. The van der Waals surface area contributed by atoms with Crippen LogP contribution >= 0.6 is 0 Å². The number of rotatable bonds is 9. The molecule has 22 heavy (non-hydrogen) atoms. The lowest BCUT2D eigenvalue weighted by molar-refractivity contribution is -0.518. The van der Waals surface area contributed by atoms with Gasteiger partial charge in [0.2, 0.25) is 0 Å². The first-order chi connectivity index (χ1) is 10.6.